The predicted molar refractivity (Wildman–Crippen MR) is 230 cm³/mol. The Morgan fingerprint density at radius 2 is 1.05 bits per heavy atom. The minimum atomic E-state index is -0.199. The van der Waals surface area contributed by atoms with Crippen LogP contribution in [0.3, 0.4) is 0 Å². The summed E-state index contributed by atoms with van der Waals surface area (Å²) >= 11 is 0. The van der Waals surface area contributed by atoms with Gasteiger partial charge in [-0.1, -0.05) is 90.8 Å². The first-order chi connectivity index (χ1) is 27.0. The lowest BCUT2D eigenvalue weighted by Crippen LogP contribution is -2.25. The van der Waals surface area contributed by atoms with Gasteiger partial charge in [-0.25, -0.2) is 0 Å². The quantitative estimate of drug-likeness (QED) is 0.0775. The molecular weight excluding hydrogens is 695 g/mol. The van der Waals surface area contributed by atoms with Crippen molar-refractivity contribution in [1.82, 2.24) is 5.32 Å². The van der Waals surface area contributed by atoms with E-state index in [0.717, 1.165) is 89.7 Å². The van der Waals surface area contributed by atoms with E-state index in [0.29, 0.717) is 72.3 Å². The number of unbranched alkanes of at least 4 members (excludes halogenated alkanes) is 2. The second kappa shape index (κ2) is 19.2. The molecule has 0 fully saturated rings. The van der Waals surface area contributed by atoms with Gasteiger partial charge in [0.25, 0.3) is 0 Å². The number of ketones is 3. The monoisotopic (exact) mass is 755 g/mol. The number of hydrogen-bond acceptors (Lipinski definition) is 6. The molecule has 296 valence electrons. The molecule has 0 spiro atoms. The lowest BCUT2D eigenvalue weighted by atomic mass is 9.81. The summed E-state index contributed by atoms with van der Waals surface area (Å²) in [5.74, 6) is -0.0650. The molecule has 1 aliphatic rings. The Balaban J connectivity index is 1.65. The number of carbonyl (C=O) groups excluding carboxylic acids is 4. The van der Waals surface area contributed by atoms with Gasteiger partial charge in [0.15, 0.2) is 11.6 Å². The Morgan fingerprint density at radius 1 is 0.571 bits per heavy atom. The first kappa shape index (κ1) is 42.1. The fourth-order valence-corrected chi connectivity index (χ4v) is 8.33. The van der Waals surface area contributed by atoms with Crippen LogP contribution in [0.15, 0.2) is 48.5 Å². The molecule has 7 nitrogen and oxygen atoms in total. The number of hydrogen-bond donors (Lipinski definition) is 3. The summed E-state index contributed by atoms with van der Waals surface area (Å²) in [7, 11) is 0. The fraction of sp³-hybridized carbons (Fsp3) is 0.429. The third-order valence-corrected chi connectivity index (χ3v) is 11.5. The van der Waals surface area contributed by atoms with E-state index in [1.165, 1.54) is 11.1 Å². The molecule has 0 radical (unpaired) electrons. The maximum atomic E-state index is 14.6. The topological polar surface area (TPSA) is 104 Å². The highest BCUT2D eigenvalue weighted by molar-refractivity contribution is 6.32. The van der Waals surface area contributed by atoms with E-state index in [1.807, 2.05) is 12.1 Å². The summed E-state index contributed by atoms with van der Waals surface area (Å²) in [5.41, 5.74) is 13.5. The summed E-state index contributed by atoms with van der Waals surface area (Å²) < 4.78 is 0. The van der Waals surface area contributed by atoms with Crippen LogP contribution >= 0.6 is 0 Å². The van der Waals surface area contributed by atoms with Crippen LogP contribution in [-0.2, 0) is 48.2 Å². The largest absolute Gasteiger partial charge is 0.354 e. The first-order valence-electron chi connectivity index (χ1n) is 21.0. The van der Waals surface area contributed by atoms with E-state index in [2.05, 4.69) is 83.5 Å². The lowest BCUT2D eigenvalue weighted by molar-refractivity contribution is -0.121. The molecule has 0 heterocycles. The number of benzene rings is 4. The molecule has 1 aliphatic carbocycles. The Kier molecular flexibility index (Phi) is 14.4. The van der Waals surface area contributed by atoms with Crippen molar-refractivity contribution in [3.63, 3.8) is 0 Å². The molecule has 1 amide bonds. The Labute approximate surface area is 334 Å². The average molecular weight is 756 g/mol. The highest BCUT2D eigenvalue weighted by atomic mass is 16.2. The standard InChI is InChI=1S/C49H61N3O4/c1-9-15-19-34(53)23-24-37-30(7)27-32(11-3)46(35(37)13-5)51-41-25-26-42(45-44(41)48(55)38-20-17-18-21-39(38)49(45)56)52-47-33(12-4)28-31(8)40(36(47)14-6)29-50-43(54)22-16-10-2/h17-18,20-21,25-28,51-52H,9-16,19,22-24,29H2,1-8H3,(H,50,54). The molecule has 7 heteroatoms. The third-order valence-electron chi connectivity index (χ3n) is 11.5. The van der Waals surface area contributed by atoms with Crippen LogP contribution in [0.5, 0.6) is 0 Å². The van der Waals surface area contributed by atoms with Crippen LogP contribution in [0, 0.1) is 13.8 Å². The van der Waals surface area contributed by atoms with Crippen LogP contribution in [0.25, 0.3) is 0 Å². The first-order valence-corrected chi connectivity index (χ1v) is 21.0. The molecule has 3 N–H and O–H groups in total. The number of anilines is 4. The number of Topliss-reactive ketones (excluding diaryl/α,β-unsaturated/α-hetero) is 1. The summed E-state index contributed by atoms with van der Waals surface area (Å²) in [6.45, 7) is 17.3. The van der Waals surface area contributed by atoms with Crippen molar-refractivity contribution < 1.29 is 19.2 Å². The number of amides is 1. The van der Waals surface area contributed by atoms with Crippen molar-refractivity contribution in [2.75, 3.05) is 10.6 Å². The van der Waals surface area contributed by atoms with Gasteiger partial charge in [0.2, 0.25) is 5.91 Å². The molecule has 0 bridgehead atoms. The van der Waals surface area contributed by atoms with E-state index in [4.69, 9.17) is 0 Å². The predicted octanol–water partition coefficient (Wildman–Crippen LogP) is 11.3. The third kappa shape index (κ3) is 8.83. The molecule has 0 saturated heterocycles. The van der Waals surface area contributed by atoms with Gasteiger partial charge in [0, 0.05) is 48.3 Å². The molecule has 0 atom stereocenters. The van der Waals surface area contributed by atoms with Crippen LogP contribution in [0.1, 0.15) is 163 Å². The molecule has 4 aromatic carbocycles. The molecular formula is C49H61N3O4. The Morgan fingerprint density at radius 3 is 1.54 bits per heavy atom. The number of fused-ring (bicyclic) bond motifs is 2. The summed E-state index contributed by atoms with van der Waals surface area (Å²) in [4.78, 5) is 54.7. The minimum Gasteiger partial charge on any atom is -0.354 e. The normalized spacial score (nSPS) is 12.0. The van der Waals surface area contributed by atoms with Gasteiger partial charge in [-0.05, 0) is 115 Å². The van der Waals surface area contributed by atoms with Crippen molar-refractivity contribution in [1.29, 1.82) is 0 Å². The van der Waals surface area contributed by atoms with E-state index in [9.17, 15) is 19.2 Å². The van der Waals surface area contributed by atoms with Crippen molar-refractivity contribution >= 4 is 46.0 Å². The van der Waals surface area contributed by atoms with Gasteiger partial charge in [-0.2, -0.15) is 0 Å². The second-order valence-corrected chi connectivity index (χ2v) is 15.2. The maximum Gasteiger partial charge on any atom is 0.220 e. The molecule has 56 heavy (non-hydrogen) atoms. The zero-order chi connectivity index (χ0) is 40.5. The lowest BCUT2D eigenvalue weighted by Gasteiger charge is -2.27. The van der Waals surface area contributed by atoms with Crippen molar-refractivity contribution in [2.45, 2.75) is 139 Å². The highest BCUT2D eigenvalue weighted by Crippen LogP contribution is 2.42. The van der Waals surface area contributed by atoms with Crippen LogP contribution in [-0.4, -0.2) is 23.3 Å². The van der Waals surface area contributed by atoms with Crippen molar-refractivity contribution in [2.24, 2.45) is 0 Å². The van der Waals surface area contributed by atoms with Gasteiger partial charge in [0.1, 0.15) is 5.78 Å². The molecule has 4 aromatic rings. The highest BCUT2D eigenvalue weighted by Gasteiger charge is 2.35. The van der Waals surface area contributed by atoms with Crippen molar-refractivity contribution in [3.8, 4) is 0 Å². The molecule has 0 unspecified atom stereocenters. The zero-order valence-corrected chi connectivity index (χ0v) is 34.9. The van der Waals surface area contributed by atoms with Gasteiger partial charge < -0.3 is 16.0 Å². The molecule has 5 rings (SSSR count). The van der Waals surface area contributed by atoms with Gasteiger partial charge in [-0.15, -0.1) is 0 Å². The van der Waals surface area contributed by atoms with Gasteiger partial charge in [0.05, 0.1) is 22.5 Å². The summed E-state index contributed by atoms with van der Waals surface area (Å²) in [6, 6.07) is 15.3. The summed E-state index contributed by atoms with van der Waals surface area (Å²) in [5, 5.41) is 10.5. The van der Waals surface area contributed by atoms with Crippen LogP contribution < -0.4 is 16.0 Å². The zero-order valence-electron chi connectivity index (χ0n) is 34.9. The molecule has 0 saturated carbocycles. The molecule has 0 aromatic heterocycles. The van der Waals surface area contributed by atoms with Crippen molar-refractivity contribution in [3.05, 3.63) is 115 Å². The molecule has 0 aliphatic heterocycles. The Hall–Kier alpha value is -5.04. The van der Waals surface area contributed by atoms with Gasteiger partial charge in [-0.3, -0.25) is 19.2 Å². The van der Waals surface area contributed by atoms with E-state index in [-0.39, 0.29) is 23.3 Å². The van der Waals surface area contributed by atoms with E-state index < -0.39 is 0 Å². The number of carbonyl (C=O) groups is 4. The SMILES string of the molecule is CCCCC(=O)CCc1c(C)cc(CC)c(Nc2ccc(Nc3c(CC)cc(C)c(CNC(=O)CCCC)c3CC)c3c2C(=O)c2ccccc2C3=O)c1CC. The maximum absolute atomic E-state index is 14.6. The number of nitrogens with one attached hydrogen (secondary N) is 3. The number of rotatable bonds is 19. The fourth-order valence-electron chi connectivity index (χ4n) is 8.33. The van der Waals surface area contributed by atoms with Crippen LogP contribution in [0.4, 0.5) is 22.7 Å². The van der Waals surface area contributed by atoms with E-state index in [1.54, 1.807) is 24.3 Å². The average Bonchev–Trinajstić information content (AvgIpc) is 3.20. The second-order valence-electron chi connectivity index (χ2n) is 15.2. The van der Waals surface area contributed by atoms with Crippen LogP contribution in [0.2, 0.25) is 0 Å². The van der Waals surface area contributed by atoms with E-state index >= 15 is 0 Å². The number of aryl methyl sites for hydroxylation is 4. The summed E-state index contributed by atoms with van der Waals surface area (Å²) in [6.07, 6.45) is 9.01. The smallest absolute Gasteiger partial charge is 0.220 e. The Bertz CT molecular complexity index is 1980. The minimum absolute atomic E-state index is 0.0425. The van der Waals surface area contributed by atoms with Gasteiger partial charge >= 0.3 is 0 Å².